The van der Waals surface area contributed by atoms with Crippen LogP contribution in [-0.4, -0.2) is 38.9 Å². The van der Waals surface area contributed by atoms with Crippen molar-refractivity contribution in [2.24, 2.45) is 5.92 Å². The lowest BCUT2D eigenvalue weighted by molar-refractivity contribution is -0.137. The van der Waals surface area contributed by atoms with Crippen molar-refractivity contribution in [3.8, 4) is 0 Å². The number of likely N-dealkylation sites (tertiary alicyclic amines) is 1. The van der Waals surface area contributed by atoms with Gasteiger partial charge in [0.15, 0.2) is 0 Å². The Balaban J connectivity index is 1.32. The minimum atomic E-state index is 0.317. The van der Waals surface area contributed by atoms with Crippen molar-refractivity contribution >= 4 is 5.91 Å². The second kappa shape index (κ2) is 6.37. The van der Waals surface area contributed by atoms with Crippen LogP contribution >= 0.6 is 0 Å². The molecule has 2 heterocycles. The Morgan fingerprint density at radius 1 is 1.20 bits per heavy atom. The molecule has 1 saturated carbocycles. The van der Waals surface area contributed by atoms with E-state index in [0.717, 1.165) is 31.8 Å². The SMILES string of the molecule is O=C(CCCC1CCCCC1)N1CC(n2ccnn2)C1. The first-order valence-corrected chi connectivity index (χ1v) is 7.96. The van der Waals surface area contributed by atoms with Gasteiger partial charge in [-0.2, -0.15) is 0 Å². The van der Waals surface area contributed by atoms with Crippen molar-refractivity contribution in [3.63, 3.8) is 0 Å². The minimum Gasteiger partial charge on any atom is -0.338 e. The van der Waals surface area contributed by atoms with Crippen molar-refractivity contribution in [1.29, 1.82) is 0 Å². The van der Waals surface area contributed by atoms with Gasteiger partial charge in [0, 0.05) is 25.7 Å². The van der Waals surface area contributed by atoms with Gasteiger partial charge in [0.2, 0.25) is 5.91 Å². The third-order valence-electron chi connectivity index (χ3n) is 4.76. The first-order chi connectivity index (χ1) is 9.83. The topological polar surface area (TPSA) is 51.0 Å². The highest BCUT2D eigenvalue weighted by Crippen LogP contribution is 2.28. The smallest absolute Gasteiger partial charge is 0.222 e. The molecule has 0 atom stereocenters. The second-order valence-corrected chi connectivity index (χ2v) is 6.23. The van der Waals surface area contributed by atoms with E-state index in [0.29, 0.717) is 11.9 Å². The van der Waals surface area contributed by atoms with Crippen molar-refractivity contribution in [2.45, 2.75) is 57.4 Å². The molecule has 5 nitrogen and oxygen atoms in total. The Hall–Kier alpha value is -1.39. The van der Waals surface area contributed by atoms with E-state index < -0.39 is 0 Å². The molecule has 110 valence electrons. The molecule has 1 saturated heterocycles. The van der Waals surface area contributed by atoms with Gasteiger partial charge in [-0.05, 0) is 18.8 Å². The molecule has 1 aliphatic carbocycles. The molecular weight excluding hydrogens is 252 g/mol. The van der Waals surface area contributed by atoms with Crippen LogP contribution in [0.4, 0.5) is 0 Å². The summed E-state index contributed by atoms with van der Waals surface area (Å²) in [5, 5.41) is 7.79. The predicted molar refractivity (Wildman–Crippen MR) is 76.1 cm³/mol. The molecule has 20 heavy (non-hydrogen) atoms. The Morgan fingerprint density at radius 2 is 2.00 bits per heavy atom. The van der Waals surface area contributed by atoms with Crippen LogP contribution in [0.3, 0.4) is 0 Å². The molecule has 0 bridgehead atoms. The molecule has 0 aromatic carbocycles. The summed E-state index contributed by atoms with van der Waals surface area (Å²) in [4.78, 5) is 14.0. The summed E-state index contributed by atoms with van der Waals surface area (Å²) in [5.74, 6) is 1.20. The second-order valence-electron chi connectivity index (χ2n) is 6.23. The zero-order chi connectivity index (χ0) is 13.8. The standard InChI is InChI=1S/C15H24N4O/c20-15(8-4-7-13-5-2-1-3-6-13)18-11-14(12-18)19-10-9-16-17-19/h9-10,13-14H,1-8,11-12H2. The summed E-state index contributed by atoms with van der Waals surface area (Å²) in [6.45, 7) is 1.59. The lowest BCUT2D eigenvalue weighted by Gasteiger charge is -2.39. The summed E-state index contributed by atoms with van der Waals surface area (Å²) in [5.41, 5.74) is 0. The van der Waals surface area contributed by atoms with Gasteiger partial charge in [-0.15, -0.1) is 5.10 Å². The molecule has 1 aliphatic heterocycles. The molecule has 0 N–H and O–H groups in total. The molecular formula is C15H24N4O. The zero-order valence-corrected chi connectivity index (χ0v) is 12.1. The molecule has 5 heteroatoms. The normalized spacial score (nSPS) is 20.9. The van der Waals surface area contributed by atoms with E-state index in [1.807, 2.05) is 15.8 Å². The molecule has 2 fully saturated rings. The fourth-order valence-corrected chi connectivity index (χ4v) is 3.41. The van der Waals surface area contributed by atoms with Crippen molar-refractivity contribution < 1.29 is 4.79 Å². The molecule has 0 unspecified atom stereocenters. The molecule has 3 rings (SSSR count). The van der Waals surface area contributed by atoms with Gasteiger partial charge in [0.25, 0.3) is 0 Å². The minimum absolute atomic E-state index is 0.317. The van der Waals surface area contributed by atoms with Crippen LogP contribution in [0.15, 0.2) is 12.4 Å². The van der Waals surface area contributed by atoms with E-state index in [2.05, 4.69) is 10.3 Å². The molecule has 0 radical (unpaired) electrons. The number of aromatic nitrogens is 3. The predicted octanol–water partition coefficient (Wildman–Crippen LogP) is 2.41. The maximum absolute atomic E-state index is 12.1. The molecule has 1 aromatic rings. The lowest BCUT2D eigenvalue weighted by Crippen LogP contribution is -2.50. The van der Waals surface area contributed by atoms with Crippen LogP contribution in [0.1, 0.15) is 57.4 Å². The fraction of sp³-hybridized carbons (Fsp3) is 0.800. The largest absolute Gasteiger partial charge is 0.338 e. The number of carbonyl (C=O) groups excluding carboxylic acids is 1. The van der Waals surface area contributed by atoms with E-state index in [1.54, 1.807) is 6.20 Å². The number of hydrogen-bond donors (Lipinski definition) is 0. The summed E-state index contributed by atoms with van der Waals surface area (Å²) >= 11 is 0. The highest BCUT2D eigenvalue weighted by Gasteiger charge is 2.31. The molecule has 1 amide bonds. The number of rotatable bonds is 5. The molecule has 1 aromatic heterocycles. The van der Waals surface area contributed by atoms with Gasteiger partial charge in [-0.1, -0.05) is 37.3 Å². The Kier molecular flexibility index (Phi) is 4.33. The number of amides is 1. The van der Waals surface area contributed by atoms with Gasteiger partial charge in [-0.3, -0.25) is 4.79 Å². The van der Waals surface area contributed by atoms with Crippen molar-refractivity contribution in [2.75, 3.05) is 13.1 Å². The summed E-state index contributed by atoms with van der Waals surface area (Å²) in [6, 6.07) is 0.333. The lowest BCUT2D eigenvalue weighted by atomic mass is 9.86. The van der Waals surface area contributed by atoms with Crippen LogP contribution in [0.2, 0.25) is 0 Å². The van der Waals surface area contributed by atoms with Crippen LogP contribution < -0.4 is 0 Å². The molecule has 0 spiro atoms. The summed E-state index contributed by atoms with van der Waals surface area (Å²) < 4.78 is 1.85. The first-order valence-electron chi connectivity index (χ1n) is 7.96. The van der Waals surface area contributed by atoms with Crippen LogP contribution in [0, 0.1) is 5.92 Å². The van der Waals surface area contributed by atoms with Crippen LogP contribution in [0.25, 0.3) is 0 Å². The van der Waals surface area contributed by atoms with Gasteiger partial charge < -0.3 is 4.90 Å². The quantitative estimate of drug-likeness (QED) is 0.830. The highest BCUT2D eigenvalue weighted by atomic mass is 16.2. The molecule has 2 aliphatic rings. The first kappa shape index (κ1) is 13.6. The maximum atomic E-state index is 12.1. The summed E-state index contributed by atoms with van der Waals surface area (Å²) in [6.07, 6.45) is 13.5. The van der Waals surface area contributed by atoms with E-state index in [4.69, 9.17) is 0 Å². The average Bonchev–Trinajstić information content (AvgIpc) is 2.92. The maximum Gasteiger partial charge on any atom is 0.222 e. The fourth-order valence-electron chi connectivity index (χ4n) is 3.41. The number of carbonyl (C=O) groups is 1. The van der Waals surface area contributed by atoms with E-state index in [1.165, 1.54) is 38.5 Å². The zero-order valence-electron chi connectivity index (χ0n) is 12.1. The van der Waals surface area contributed by atoms with Crippen molar-refractivity contribution in [3.05, 3.63) is 12.4 Å². The Labute approximate surface area is 120 Å². The van der Waals surface area contributed by atoms with Crippen LogP contribution in [-0.2, 0) is 4.79 Å². The van der Waals surface area contributed by atoms with E-state index in [9.17, 15) is 4.79 Å². The highest BCUT2D eigenvalue weighted by molar-refractivity contribution is 5.77. The number of nitrogens with zero attached hydrogens (tertiary/aromatic N) is 4. The third-order valence-corrected chi connectivity index (χ3v) is 4.76. The summed E-state index contributed by atoms with van der Waals surface area (Å²) in [7, 11) is 0. The Morgan fingerprint density at radius 3 is 2.70 bits per heavy atom. The van der Waals surface area contributed by atoms with Crippen LogP contribution in [0.5, 0.6) is 0 Å². The van der Waals surface area contributed by atoms with Gasteiger partial charge in [0.05, 0.1) is 12.2 Å². The van der Waals surface area contributed by atoms with Crippen molar-refractivity contribution in [1.82, 2.24) is 19.9 Å². The van der Waals surface area contributed by atoms with Gasteiger partial charge in [-0.25, -0.2) is 4.68 Å². The third kappa shape index (κ3) is 3.19. The van der Waals surface area contributed by atoms with Gasteiger partial charge >= 0.3 is 0 Å². The monoisotopic (exact) mass is 276 g/mol. The van der Waals surface area contributed by atoms with E-state index >= 15 is 0 Å². The number of hydrogen-bond acceptors (Lipinski definition) is 3. The Bertz CT molecular complexity index is 419. The average molecular weight is 276 g/mol. The van der Waals surface area contributed by atoms with E-state index in [-0.39, 0.29) is 0 Å². The van der Waals surface area contributed by atoms with Gasteiger partial charge in [0.1, 0.15) is 0 Å².